The maximum Gasteiger partial charge on any atom is 0.417 e. The lowest BCUT2D eigenvalue weighted by Gasteiger charge is -2.20. The minimum atomic E-state index is -4.93. The van der Waals surface area contributed by atoms with E-state index in [0.29, 0.717) is 12.1 Å². The van der Waals surface area contributed by atoms with E-state index in [9.17, 15) is 50.2 Å². The zero-order valence-corrected chi connectivity index (χ0v) is 25.5. The number of nitrogens with one attached hydrogen (secondary N) is 2. The first-order valence-corrected chi connectivity index (χ1v) is 14.9. The molecule has 3 N–H and O–H groups in total. The number of carboxylic acids is 1. The number of rotatable bonds is 9. The molecule has 6 rings (SSSR count). The van der Waals surface area contributed by atoms with E-state index in [4.69, 9.17) is 0 Å². The van der Waals surface area contributed by atoms with Crippen molar-refractivity contribution in [2.75, 3.05) is 5.32 Å². The number of hydrogen-bond acceptors (Lipinski definition) is 4. The van der Waals surface area contributed by atoms with Crippen LogP contribution in [-0.4, -0.2) is 39.6 Å². The Bertz CT molecular complexity index is 2190. The van der Waals surface area contributed by atoms with E-state index in [2.05, 4.69) is 10.6 Å². The van der Waals surface area contributed by atoms with Crippen molar-refractivity contribution in [1.82, 2.24) is 9.88 Å². The van der Waals surface area contributed by atoms with E-state index in [1.165, 1.54) is 67.7 Å². The first kappa shape index (κ1) is 33.5. The lowest BCUT2D eigenvalue weighted by atomic mass is 9.90. The molecule has 1 heterocycles. The van der Waals surface area contributed by atoms with Gasteiger partial charge in [0.2, 0.25) is 0 Å². The van der Waals surface area contributed by atoms with Gasteiger partial charge < -0.3 is 20.3 Å². The van der Waals surface area contributed by atoms with Gasteiger partial charge in [0, 0.05) is 24.5 Å². The summed E-state index contributed by atoms with van der Waals surface area (Å²) < 4.78 is 101. The summed E-state index contributed by atoms with van der Waals surface area (Å²) >= 11 is 0. The zero-order chi connectivity index (χ0) is 35.4. The van der Waals surface area contributed by atoms with Crippen LogP contribution in [0.25, 0.3) is 32.8 Å². The fraction of sp³-hybridized carbons (Fsp3) is 0.229. The van der Waals surface area contributed by atoms with Crippen molar-refractivity contribution in [2.45, 2.75) is 43.4 Å². The average Bonchev–Trinajstić information content (AvgIpc) is 3.82. The van der Waals surface area contributed by atoms with Crippen molar-refractivity contribution in [2.24, 2.45) is 7.05 Å². The molecule has 0 radical (unpaired) electrons. The van der Waals surface area contributed by atoms with Crippen molar-refractivity contribution in [3.63, 3.8) is 0 Å². The highest BCUT2D eigenvalue weighted by molar-refractivity contribution is 6.02. The molecule has 0 bridgehead atoms. The number of benzene rings is 4. The van der Waals surface area contributed by atoms with Crippen LogP contribution < -0.4 is 16.2 Å². The van der Waals surface area contributed by atoms with Crippen LogP contribution in [0.15, 0.2) is 77.6 Å². The first-order chi connectivity index (χ1) is 23.1. The number of aliphatic carboxylic acids is 1. The molecule has 1 aromatic heterocycles. The van der Waals surface area contributed by atoms with Gasteiger partial charge >= 0.3 is 12.1 Å². The quantitative estimate of drug-likeness (QED) is 0.142. The summed E-state index contributed by atoms with van der Waals surface area (Å²) in [6, 6.07) is 13.8. The predicted molar refractivity (Wildman–Crippen MR) is 168 cm³/mol. The maximum atomic E-state index is 14.9. The molecule has 14 heteroatoms. The zero-order valence-electron chi connectivity index (χ0n) is 25.5. The molecule has 4 aromatic carbocycles. The molecule has 0 aliphatic heterocycles. The predicted octanol–water partition coefficient (Wildman–Crippen LogP) is 7.29. The number of aromatic nitrogens is 1. The SMILES string of the molecule is Cn1c(=O)c(-c2cccc3c(C[C@H](NC(=O)c4c(F)cc(NC5(C(F)F)CC5)cc4F)C(=O)O)cccc23)c(C(F)(F)F)c2ccccc21. The van der Waals surface area contributed by atoms with Crippen LogP contribution in [0.5, 0.6) is 0 Å². The summed E-state index contributed by atoms with van der Waals surface area (Å²) in [4.78, 5) is 38.8. The summed E-state index contributed by atoms with van der Waals surface area (Å²) in [7, 11) is 1.35. The van der Waals surface area contributed by atoms with Crippen LogP contribution >= 0.6 is 0 Å². The van der Waals surface area contributed by atoms with Crippen molar-refractivity contribution in [3.05, 3.63) is 111 Å². The first-order valence-electron chi connectivity index (χ1n) is 14.9. The smallest absolute Gasteiger partial charge is 0.417 e. The van der Waals surface area contributed by atoms with Gasteiger partial charge in [-0.1, -0.05) is 54.6 Å². The lowest BCUT2D eigenvalue weighted by Crippen LogP contribution is -2.43. The molecule has 7 nitrogen and oxygen atoms in total. The van der Waals surface area contributed by atoms with E-state index in [1.807, 2.05) is 0 Å². The molecule has 49 heavy (non-hydrogen) atoms. The number of hydrogen-bond donors (Lipinski definition) is 3. The van der Waals surface area contributed by atoms with E-state index in [0.717, 1.165) is 4.57 Å². The Morgan fingerprint density at radius 3 is 2.14 bits per heavy atom. The number of pyridine rings is 1. The molecule has 254 valence electrons. The normalized spacial score (nSPS) is 14.6. The molecule has 1 fully saturated rings. The maximum absolute atomic E-state index is 14.9. The van der Waals surface area contributed by atoms with E-state index in [1.54, 1.807) is 0 Å². The van der Waals surface area contributed by atoms with Crippen LogP contribution in [0.1, 0.15) is 34.3 Å². The molecule has 0 spiro atoms. The number of alkyl halides is 5. The van der Waals surface area contributed by atoms with Gasteiger partial charge in [0.15, 0.2) is 0 Å². The minimum Gasteiger partial charge on any atom is -0.480 e. The molecule has 0 unspecified atom stereocenters. The van der Waals surface area contributed by atoms with Crippen molar-refractivity contribution >= 4 is 39.2 Å². The number of para-hydroxylation sites is 1. The summed E-state index contributed by atoms with van der Waals surface area (Å²) in [5.74, 6) is -5.85. The van der Waals surface area contributed by atoms with Crippen LogP contribution in [0.3, 0.4) is 0 Å². The fourth-order valence-corrected chi connectivity index (χ4v) is 6.14. The summed E-state index contributed by atoms with van der Waals surface area (Å²) in [5, 5.41) is 14.7. The van der Waals surface area contributed by atoms with Gasteiger partial charge in [0.05, 0.1) is 22.2 Å². The Labute approximate surface area is 273 Å². The second-order valence-corrected chi connectivity index (χ2v) is 11.9. The Hall–Kier alpha value is -5.40. The summed E-state index contributed by atoms with van der Waals surface area (Å²) in [5.41, 5.74) is -5.48. The highest BCUT2D eigenvalue weighted by Crippen LogP contribution is 2.45. The van der Waals surface area contributed by atoms with Gasteiger partial charge in [0.1, 0.15) is 23.2 Å². The Morgan fingerprint density at radius 2 is 1.53 bits per heavy atom. The van der Waals surface area contributed by atoms with Crippen LogP contribution in [-0.2, 0) is 24.4 Å². The van der Waals surface area contributed by atoms with Gasteiger partial charge in [-0.3, -0.25) is 9.59 Å². The molecule has 1 amide bonds. The molecular weight excluding hydrogens is 659 g/mol. The molecule has 1 atom stereocenters. The highest BCUT2D eigenvalue weighted by atomic mass is 19.4. The van der Waals surface area contributed by atoms with Gasteiger partial charge in [-0.25, -0.2) is 22.4 Å². The Morgan fingerprint density at radius 1 is 0.918 bits per heavy atom. The number of nitrogens with zero attached hydrogens (tertiary/aromatic N) is 1. The minimum absolute atomic E-state index is 0.0633. The summed E-state index contributed by atoms with van der Waals surface area (Å²) in [6.07, 6.45) is -8.04. The molecule has 5 aromatic rings. The van der Waals surface area contributed by atoms with Crippen molar-refractivity contribution < 1.29 is 45.4 Å². The third kappa shape index (κ3) is 6.07. The van der Waals surface area contributed by atoms with E-state index in [-0.39, 0.29) is 51.3 Å². The number of carbonyl (C=O) groups is 2. The largest absolute Gasteiger partial charge is 0.480 e. The summed E-state index contributed by atoms with van der Waals surface area (Å²) in [6.45, 7) is 0. The van der Waals surface area contributed by atoms with Gasteiger partial charge in [-0.2, -0.15) is 13.2 Å². The number of aryl methyl sites for hydroxylation is 1. The number of halogens is 7. The second kappa shape index (κ2) is 12.2. The van der Waals surface area contributed by atoms with Gasteiger partial charge in [0.25, 0.3) is 17.9 Å². The number of amides is 1. The molecule has 1 aliphatic carbocycles. The fourth-order valence-electron chi connectivity index (χ4n) is 6.14. The third-order valence-electron chi connectivity index (χ3n) is 8.76. The van der Waals surface area contributed by atoms with Crippen LogP contribution in [0.2, 0.25) is 0 Å². The lowest BCUT2D eigenvalue weighted by molar-refractivity contribution is -0.139. The number of carbonyl (C=O) groups excluding carboxylic acids is 1. The molecular formula is C35H26F7N3O4. The Kier molecular flexibility index (Phi) is 8.37. The standard InChI is InChI=1S/C35H26F7N3O4/c1-45-26-11-3-2-7-22(26)29(35(40,41)42)27(31(45)47)21-10-5-8-19-17(6-4-9-20(19)21)14-25(32(48)49)43-30(46)28-23(36)15-18(16-24(28)37)44-34(12-13-34)33(38)39/h2-11,15-16,25,33,44H,12-14H2,1H3,(H,43,46)(H,48,49)/t25-/m0/s1. The second-order valence-electron chi connectivity index (χ2n) is 11.9. The Balaban J connectivity index is 1.36. The van der Waals surface area contributed by atoms with Gasteiger partial charge in [-0.05, 0) is 52.9 Å². The molecule has 1 saturated carbocycles. The topological polar surface area (TPSA) is 100 Å². The third-order valence-corrected chi connectivity index (χ3v) is 8.76. The number of fused-ring (bicyclic) bond motifs is 2. The highest BCUT2D eigenvalue weighted by Gasteiger charge is 2.51. The van der Waals surface area contributed by atoms with E-state index >= 15 is 0 Å². The van der Waals surface area contributed by atoms with Crippen LogP contribution in [0, 0.1) is 11.6 Å². The van der Waals surface area contributed by atoms with E-state index < -0.39 is 76.4 Å². The van der Waals surface area contributed by atoms with Crippen LogP contribution in [0.4, 0.5) is 36.4 Å². The van der Waals surface area contributed by atoms with Crippen molar-refractivity contribution in [1.29, 1.82) is 0 Å². The number of anilines is 1. The van der Waals surface area contributed by atoms with Gasteiger partial charge in [-0.15, -0.1) is 0 Å². The monoisotopic (exact) mass is 685 g/mol. The molecule has 1 aliphatic rings. The molecule has 0 saturated heterocycles. The van der Waals surface area contributed by atoms with Crippen molar-refractivity contribution in [3.8, 4) is 11.1 Å². The average molecular weight is 686 g/mol. The number of carboxylic acid groups (broad SMARTS) is 1.